The molecule has 25 heavy (non-hydrogen) atoms. The highest BCUT2D eigenvalue weighted by Gasteiger charge is 2.16. The number of para-hydroxylation sites is 2. The molecule has 1 amide bonds. The van der Waals surface area contributed by atoms with E-state index in [4.69, 9.17) is 14.2 Å². The van der Waals surface area contributed by atoms with E-state index < -0.39 is 6.10 Å². The van der Waals surface area contributed by atoms with Crippen LogP contribution in [0.1, 0.15) is 26.3 Å². The van der Waals surface area contributed by atoms with Gasteiger partial charge in [0.1, 0.15) is 5.75 Å². The molecule has 134 valence electrons. The SMILES string of the molecule is COc1ccccc1OC(C)C(=O)NCc1cccc(OC(C)C)c1. The number of methoxy groups -OCH3 is 1. The first-order valence-electron chi connectivity index (χ1n) is 8.32. The zero-order valence-electron chi connectivity index (χ0n) is 15.1. The van der Waals surface area contributed by atoms with Crippen molar-refractivity contribution in [2.75, 3.05) is 7.11 Å². The van der Waals surface area contributed by atoms with E-state index in [1.807, 2.05) is 50.2 Å². The maximum atomic E-state index is 12.3. The summed E-state index contributed by atoms with van der Waals surface area (Å²) >= 11 is 0. The van der Waals surface area contributed by atoms with Crippen molar-refractivity contribution in [3.8, 4) is 17.2 Å². The molecule has 0 bridgehead atoms. The average Bonchev–Trinajstić information content (AvgIpc) is 2.59. The third kappa shape index (κ3) is 5.71. The fraction of sp³-hybridized carbons (Fsp3) is 0.350. The highest BCUT2D eigenvalue weighted by Crippen LogP contribution is 2.26. The number of carbonyl (C=O) groups is 1. The van der Waals surface area contributed by atoms with Crippen LogP contribution in [0.15, 0.2) is 48.5 Å². The molecular weight excluding hydrogens is 318 g/mol. The van der Waals surface area contributed by atoms with Crippen molar-refractivity contribution in [1.29, 1.82) is 0 Å². The summed E-state index contributed by atoms with van der Waals surface area (Å²) in [5.74, 6) is 1.74. The lowest BCUT2D eigenvalue weighted by molar-refractivity contribution is -0.127. The Morgan fingerprint density at radius 3 is 2.40 bits per heavy atom. The average molecular weight is 343 g/mol. The molecule has 2 aromatic rings. The number of hydrogen-bond donors (Lipinski definition) is 1. The molecule has 0 heterocycles. The van der Waals surface area contributed by atoms with E-state index in [0.717, 1.165) is 11.3 Å². The largest absolute Gasteiger partial charge is 0.493 e. The zero-order chi connectivity index (χ0) is 18.2. The molecule has 5 nitrogen and oxygen atoms in total. The summed E-state index contributed by atoms with van der Waals surface area (Å²) in [4.78, 5) is 12.3. The normalized spacial score (nSPS) is 11.7. The lowest BCUT2D eigenvalue weighted by atomic mass is 10.2. The van der Waals surface area contributed by atoms with E-state index in [1.165, 1.54) is 0 Å². The van der Waals surface area contributed by atoms with Crippen LogP contribution < -0.4 is 19.5 Å². The van der Waals surface area contributed by atoms with Crippen LogP contribution in [0.5, 0.6) is 17.2 Å². The molecule has 0 aliphatic carbocycles. The van der Waals surface area contributed by atoms with Gasteiger partial charge in [0, 0.05) is 6.54 Å². The van der Waals surface area contributed by atoms with Gasteiger partial charge in [0.15, 0.2) is 17.6 Å². The van der Waals surface area contributed by atoms with Crippen LogP contribution in [0.25, 0.3) is 0 Å². The van der Waals surface area contributed by atoms with Crippen molar-refractivity contribution in [3.63, 3.8) is 0 Å². The second-order valence-corrected chi connectivity index (χ2v) is 5.94. The summed E-state index contributed by atoms with van der Waals surface area (Å²) in [6.07, 6.45) is -0.523. The molecule has 5 heteroatoms. The highest BCUT2D eigenvalue weighted by atomic mass is 16.5. The van der Waals surface area contributed by atoms with Crippen LogP contribution in [-0.2, 0) is 11.3 Å². The van der Waals surface area contributed by atoms with Gasteiger partial charge in [0.25, 0.3) is 5.91 Å². The van der Waals surface area contributed by atoms with Gasteiger partial charge >= 0.3 is 0 Å². The maximum Gasteiger partial charge on any atom is 0.261 e. The summed E-state index contributed by atoms with van der Waals surface area (Å²) in [6, 6.07) is 14.9. The molecule has 0 spiro atoms. The molecule has 2 rings (SSSR count). The van der Waals surface area contributed by atoms with Crippen molar-refractivity contribution in [2.24, 2.45) is 0 Å². The van der Waals surface area contributed by atoms with E-state index in [2.05, 4.69) is 5.32 Å². The van der Waals surface area contributed by atoms with Crippen LogP contribution in [0, 0.1) is 0 Å². The Kier molecular flexibility index (Phi) is 6.69. The maximum absolute atomic E-state index is 12.3. The first-order valence-corrected chi connectivity index (χ1v) is 8.32. The topological polar surface area (TPSA) is 56.8 Å². The molecular formula is C20H25NO4. The Balaban J connectivity index is 1.91. The van der Waals surface area contributed by atoms with Crippen molar-refractivity contribution in [2.45, 2.75) is 39.5 Å². The van der Waals surface area contributed by atoms with Gasteiger partial charge in [-0.3, -0.25) is 4.79 Å². The molecule has 0 aliphatic heterocycles. The third-order valence-corrected chi connectivity index (χ3v) is 3.48. The molecule has 0 aromatic heterocycles. The lowest BCUT2D eigenvalue weighted by Gasteiger charge is -2.17. The Bertz CT molecular complexity index is 700. The smallest absolute Gasteiger partial charge is 0.261 e. The van der Waals surface area contributed by atoms with Gasteiger partial charge in [0.05, 0.1) is 13.2 Å². The molecule has 2 aromatic carbocycles. The monoisotopic (exact) mass is 343 g/mol. The quantitative estimate of drug-likeness (QED) is 0.796. The number of rotatable bonds is 8. The molecule has 0 saturated carbocycles. The van der Waals surface area contributed by atoms with Gasteiger partial charge < -0.3 is 19.5 Å². The van der Waals surface area contributed by atoms with E-state index in [9.17, 15) is 4.79 Å². The molecule has 1 unspecified atom stereocenters. The van der Waals surface area contributed by atoms with Crippen LogP contribution in [0.2, 0.25) is 0 Å². The van der Waals surface area contributed by atoms with Crippen LogP contribution in [0.3, 0.4) is 0 Å². The Morgan fingerprint density at radius 2 is 1.72 bits per heavy atom. The third-order valence-electron chi connectivity index (χ3n) is 3.48. The fourth-order valence-electron chi connectivity index (χ4n) is 2.29. The van der Waals surface area contributed by atoms with Crippen molar-refractivity contribution >= 4 is 5.91 Å². The molecule has 0 radical (unpaired) electrons. The van der Waals surface area contributed by atoms with Gasteiger partial charge in [0.2, 0.25) is 0 Å². The number of benzene rings is 2. The van der Waals surface area contributed by atoms with Gasteiger partial charge in [-0.2, -0.15) is 0 Å². The van der Waals surface area contributed by atoms with Gasteiger partial charge in [-0.05, 0) is 50.6 Å². The van der Waals surface area contributed by atoms with E-state index in [1.54, 1.807) is 26.2 Å². The fourth-order valence-corrected chi connectivity index (χ4v) is 2.29. The van der Waals surface area contributed by atoms with Crippen LogP contribution in [-0.4, -0.2) is 25.2 Å². The molecule has 1 atom stereocenters. The Hall–Kier alpha value is -2.69. The van der Waals surface area contributed by atoms with Crippen molar-refractivity contribution in [1.82, 2.24) is 5.32 Å². The first kappa shape index (κ1) is 18.6. The molecule has 1 N–H and O–H groups in total. The second-order valence-electron chi connectivity index (χ2n) is 5.94. The summed E-state index contributed by atoms with van der Waals surface area (Å²) in [7, 11) is 1.57. The Labute approximate surface area is 148 Å². The summed E-state index contributed by atoms with van der Waals surface area (Å²) in [5.41, 5.74) is 0.969. The van der Waals surface area contributed by atoms with Crippen LogP contribution >= 0.6 is 0 Å². The standard InChI is InChI=1S/C20H25NO4/c1-14(2)24-17-9-7-8-16(12-17)13-21-20(22)15(3)25-19-11-6-5-10-18(19)23-4/h5-12,14-15H,13H2,1-4H3,(H,21,22). The second kappa shape index (κ2) is 8.97. The van der Waals surface area contributed by atoms with E-state index in [0.29, 0.717) is 18.0 Å². The predicted molar refractivity (Wildman–Crippen MR) is 97.1 cm³/mol. The number of ether oxygens (including phenoxy) is 3. The lowest BCUT2D eigenvalue weighted by Crippen LogP contribution is -2.35. The minimum atomic E-state index is -0.633. The summed E-state index contributed by atoms with van der Waals surface area (Å²) < 4.78 is 16.6. The predicted octanol–water partition coefficient (Wildman–Crippen LogP) is 3.57. The van der Waals surface area contributed by atoms with E-state index >= 15 is 0 Å². The zero-order valence-corrected chi connectivity index (χ0v) is 15.1. The van der Waals surface area contributed by atoms with Gasteiger partial charge in [-0.25, -0.2) is 0 Å². The van der Waals surface area contributed by atoms with E-state index in [-0.39, 0.29) is 12.0 Å². The summed E-state index contributed by atoms with van der Waals surface area (Å²) in [5, 5.41) is 2.88. The molecule has 0 saturated heterocycles. The van der Waals surface area contributed by atoms with Crippen molar-refractivity contribution < 1.29 is 19.0 Å². The van der Waals surface area contributed by atoms with Crippen LogP contribution in [0.4, 0.5) is 0 Å². The Morgan fingerprint density at radius 1 is 1.00 bits per heavy atom. The number of carbonyl (C=O) groups excluding carboxylic acids is 1. The summed E-state index contributed by atoms with van der Waals surface area (Å²) in [6.45, 7) is 6.07. The number of hydrogen-bond acceptors (Lipinski definition) is 4. The first-order chi connectivity index (χ1) is 12.0. The minimum absolute atomic E-state index is 0.110. The van der Waals surface area contributed by atoms with Crippen molar-refractivity contribution in [3.05, 3.63) is 54.1 Å². The van der Waals surface area contributed by atoms with Gasteiger partial charge in [-0.1, -0.05) is 24.3 Å². The highest BCUT2D eigenvalue weighted by molar-refractivity contribution is 5.80. The molecule has 0 fully saturated rings. The number of amides is 1. The number of nitrogens with one attached hydrogen (secondary N) is 1. The van der Waals surface area contributed by atoms with Gasteiger partial charge in [-0.15, -0.1) is 0 Å². The molecule has 0 aliphatic rings. The minimum Gasteiger partial charge on any atom is -0.493 e.